The maximum absolute atomic E-state index is 12.4. The second-order valence-electron chi connectivity index (χ2n) is 20.8. The predicted octanol–water partition coefficient (Wildman–Crippen LogP) is 10.8. The molecule has 0 fully saturated rings. The van der Waals surface area contributed by atoms with Crippen molar-refractivity contribution >= 4 is 39.8 Å². The van der Waals surface area contributed by atoms with Gasteiger partial charge in [-0.2, -0.15) is 10.2 Å². The monoisotopic (exact) mass is 978 g/mol. The van der Waals surface area contributed by atoms with Gasteiger partial charge < -0.3 is 33.3 Å². The molecule has 0 atom stereocenters. The van der Waals surface area contributed by atoms with E-state index in [2.05, 4.69) is 77.9 Å². The summed E-state index contributed by atoms with van der Waals surface area (Å²) in [5.74, 6) is -0.00141. The Morgan fingerprint density at radius 2 is 0.908 bits per heavy atom. The third-order valence-electron chi connectivity index (χ3n) is 11.2. The van der Waals surface area contributed by atoms with Gasteiger partial charge in [0.15, 0.2) is 38.2 Å². The van der Waals surface area contributed by atoms with Crippen molar-refractivity contribution in [1.29, 1.82) is 0 Å². The minimum Gasteiger partial charge on any atom is -0.505 e. The molecule has 2 aromatic carbocycles. The third-order valence-corrected chi connectivity index (χ3v) is 21.0. The summed E-state index contributed by atoms with van der Waals surface area (Å²) in [5.41, 5.74) is 2.36. The number of aromatic nitrogens is 4. The molecule has 65 heavy (non-hydrogen) atoms. The second-order valence-corrected chi connectivity index (χ2v) is 31.2. The topological polar surface area (TPSA) is 156 Å². The molecule has 2 N–H and O–H groups in total. The highest BCUT2D eigenvalue weighted by Gasteiger charge is 2.37. The van der Waals surface area contributed by atoms with Crippen LogP contribution in [-0.4, -0.2) is 72.8 Å². The molecule has 0 saturated carbocycles. The van der Waals surface area contributed by atoms with Crippen LogP contribution in [0.15, 0.2) is 70.5 Å². The van der Waals surface area contributed by atoms with Gasteiger partial charge in [-0.1, -0.05) is 113 Å². The molecular formula is C48H76Cl2N4O9Si2. The highest BCUT2D eigenvalue weighted by Crippen LogP contribution is 2.37. The van der Waals surface area contributed by atoms with Crippen molar-refractivity contribution in [3.8, 4) is 11.5 Å². The highest BCUT2D eigenvalue weighted by atomic mass is 35.5. The number of aliphatic hydroxyl groups is 1. The Bertz CT molecular complexity index is 2190. The Morgan fingerprint density at radius 1 is 0.554 bits per heavy atom. The molecule has 13 nitrogen and oxygen atoms in total. The Kier molecular flexibility index (Phi) is 21.8. The van der Waals surface area contributed by atoms with E-state index in [1.807, 2.05) is 90.1 Å². The van der Waals surface area contributed by atoms with Crippen molar-refractivity contribution in [3.05, 3.63) is 114 Å². The predicted molar refractivity (Wildman–Crippen MR) is 267 cm³/mol. The summed E-state index contributed by atoms with van der Waals surface area (Å²) < 4.78 is 31.9. The fourth-order valence-electron chi connectivity index (χ4n) is 5.06. The summed E-state index contributed by atoms with van der Waals surface area (Å²) in [6.45, 7) is 37.5. The van der Waals surface area contributed by atoms with E-state index >= 15 is 0 Å². The first-order valence-corrected chi connectivity index (χ1v) is 28.5. The van der Waals surface area contributed by atoms with Crippen LogP contribution >= 0.6 is 23.2 Å². The Balaban J connectivity index is 0.000000373. The van der Waals surface area contributed by atoms with Crippen LogP contribution in [0.3, 0.4) is 0 Å². The molecule has 0 radical (unpaired) electrons. The number of halogens is 2. The van der Waals surface area contributed by atoms with Crippen LogP contribution in [0.25, 0.3) is 0 Å². The molecule has 0 unspecified atom stereocenters. The van der Waals surface area contributed by atoms with E-state index in [0.29, 0.717) is 46.2 Å². The molecule has 0 aliphatic rings. The lowest BCUT2D eigenvalue weighted by molar-refractivity contribution is 0.0845. The van der Waals surface area contributed by atoms with Gasteiger partial charge in [0.1, 0.15) is 6.61 Å². The fourth-order valence-corrected chi connectivity index (χ4v) is 7.42. The number of hydrogen-bond acceptors (Lipinski definition) is 11. The zero-order chi connectivity index (χ0) is 49.6. The van der Waals surface area contributed by atoms with Crippen LogP contribution in [0.1, 0.15) is 105 Å². The molecule has 2 aromatic heterocycles. The van der Waals surface area contributed by atoms with Crippen molar-refractivity contribution in [2.75, 3.05) is 26.4 Å². The van der Waals surface area contributed by atoms with Gasteiger partial charge in [0.2, 0.25) is 0 Å². The summed E-state index contributed by atoms with van der Waals surface area (Å²) in [6, 6.07) is 15.8. The van der Waals surface area contributed by atoms with E-state index in [1.165, 1.54) is 15.6 Å². The summed E-state index contributed by atoms with van der Waals surface area (Å²) >= 11 is 11.8. The van der Waals surface area contributed by atoms with Crippen LogP contribution in [0, 0.1) is 0 Å². The smallest absolute Gasteiger partial charge is 0.289 e. The lowest BCUT2D eigenvalue weighted by Gasteiger charge is -2.36. The minimum absolute atomic E-state index is 0.0415. The molecule has 4 rings (SSSR count). The van der Waals surface area contributed by atoms with Crippen molar-refractivity contribution < 1.29 is 33.3 Å². The number of ether oxygens (including phenoxy) is 3. The van der Waals surface area contributed by atoms with E-state index in [0.717, 1.165) is 28.5 Å². The van der Waals surface area contributed by atoms with E-state index in [9.17, 15) is 9.59 Å². The fraction of sp³-hybridized carbons (Fsp3) is 0.583. The van der Waals surface area contributed by atoms with E-state index in [4.69, 9.17) is 56.5 Å². The molecule has 2 heterocycles. The summed E-state index contributed by atoms with van der Waals surface area (Å²) in [4.78, 5) is 23.9. The third kappa shape index (κ3) is 18.7. The molecule has 17 heteroatoms. The molecule has 0 spiro atoms. The quantitative estimate of drug-likeness (QED) is 0.0814. The number of benzene rings is 2. The zero-order valence-corrected chi connectivity index (χ0v) is 45.2. The van der Waals surface area contributed by atoms with E-state index < -0.39 is 33.3 Å². The van der Waals surface area contributed by atoms with Gasteiger partial charge in [-0.15, -0.1) is 0 Å². The van der Waals surface area contributed by atoms with E-state index in [-0.39, 0.29) is 43.8 Å². The molecule has 0 aliphatic carbocycles. The molecule has 0 aliphatic heterocycles. The Morgan fingerprint density at radius 3 is 1.28 bits per heavy atom. The van der Waals surface area contributed by atoms with Crippen LogP contribution in [0.4, 0.5) is 0 Å². The number of nitrogens with zero attached hydrogens (tertiary/aromatic N) is 4. The number of aliphatic hydroxyl groups excluding tert-OH is 1. The van der Waals surface area contributed by atoms with Gasteiger partial charge in [0, 0.05) is 0 Å². The average Bonchev–Trinajstić information content (AvgIpc) is 3.19. The second kappa shape index (κ2) is 24.6. The lowest BCUT2D eigenvalue weighted by Crippen LogP contribution is -2.41. The van der Waals surface area contributed by atoms with Crippen molar-refractivity contribution in [1.82, 2.24) is 19.6 Å². The van der Waals surface area contributed by atoms with Crippen molar-refractivity contribution in [2.45, 2.75) is 157 Å². The standard InChI is InChI=1S/C24H37ClN2O4Si.C16H28O3Si.C8H11ClN2O2/c1-23(2,3)27-22(28)21(25)20(15-26-27)30-17-19-11-9-18(10-12-19)16-29-13-14-31-32(7,8)24(4,5)6;1-16(2,3)20(4,5)19-11-10-18-13-15-8-6-14(12-17)7-9-15;1-8(2,3)11-7(13)6(9)5(12)4-10-11/h9-12,15H,13-14,16-17H2,1-8H3;6-9,17H,10-13H2,1-5H3;4,12H,1-3H3. The zero-order valence-electron chi connectivity index (χ0n) is 41.7. The SMILES string of the molecule is CC(C)(C)[Si](C)(C)OCCOCc1ccc(CO)cc1.CC(C)(C)n1ncc(O)c(Cl)c1=O.CC(C)(C)n1ncc(OCc2ccc(COCCO[Si](C)(C)C(C)(C)C)cc2)c(Cl)c1=O. The van der Waals surface area contributed by atoms with Crippen LogP contribution in [-0.2, 0) is 55.8 Å². The molecule has 0 amide bonds. The normalized spacial score (nSPS) is 12.5. The highest BCUT2D eigenvalue weighted by molar-refractivity contribution is 6.74. The van der Waals surface area contributed by atoms with Gasteiger partial charge in [-0.25, -0.2) is 9.36 Å². The Labute approximate surface area is 399 Å². The first kappa shape index (κ1) is 57.7. The van der Waals surface area contributed by atoms with Crippen LogP contribution < -0.4 is 15.9 Å². The van der Waals surface area contributed by atoms with Crippen LogP contribution in [0.2, 0.25) is 46.3 Å². The molecule has 0 saturated heterocycles. The maximum atomic E-state index is 12.4. The molecule has 364 valence electrons. The molecule has 0 bridgehead atoms. The minimum atomic E-state index is -1.73. The summed E-state index contributed by atoms with van der Waals surface area (Å²) in [5, 5.41) is 26.3. The van der Waals surface area contributed by atoms with Crippen molar-refractivity contribution in [2.24, 2.45) is 0 Å². The first-order chi connectivity index (χ1) is 29.8. The van der Waals surface area contributed by atoms with Gasteiger partial charge >= 0.3 is 0 Å². The summed E-state index contributed by atoms with van der Waals surface area (Å²) in [7, 11) is -3.38. The van der Waals surface area contributed by atoms with Gasteiger partial charge in [0.25, 0.3) is 11.1 Å². The Hall–Kier alpha value is -3.39. The maximum Gasteiger partial charge on any atom is 0.289 e. The van der Waals surface area contributed by atoms with Crippen LogP contribution in [0.5, 0.6) is 11.5 Å². The van der Waals surface area contributed by atoms with Crippen molar-refractivity contribution in [3.63, 3.8) is 0 Å². The molecule has 4 aromatic rings. The number of rotatable bonds is 16. The number of hydrogen-bond donors (Lipinski definition) is 2. The van der Waals surface area contributed by atoms with Gasteiger partial charge in [-0.05, 0) is 100 Å². The van der Waals surface area contributed by atoms with E-state index in [1.54, 1.807) is 0 Å². The van der Waals surface area contributed by atoms with Gasteiger partial charge in [0.05, 0.1) is 69.7 Å². The molecular weight excluding hydrogens is 904 g/mol. The summed E-state index contributed by atoms with van der Waals surface area (Å²) in [6.07, 6.45) is 2.65. The average molecular weight is 980 g/mol. The largest absolute Gasteiger partial charge is 0.505 e. The number of aromatic hydroxyl groups is 1. The van der Waals surface area contributed by atoms with Gasteiger partial charge in [-0.3, -0.25) is 9.59 Å². The lowest BCUT2D eigenvalue weighted by atomic mass is 10.1. The first-order valence-electron chi connectivity index (χ1n) is 21.9.